The van der Waals surface area contributed by atoms with Crippen LogP contribution in [0.25, 0.3) is 0 Å². The molecule has 4 aliphatic heterocycles. The number of rotatable bonds is 11. The molecule has 0 bridgehead atoms. The van der Waals surface area contributed by atoms with Crippen molar-refractivity contribution in [2.75, 3.05) is 33.0 Å². The Labute approximate surface area is 249 Å². The molecular weight excluding hydrogens is 590 g/mol. The van der Waals surface area contributed by atoms with Gasteiger partial charge in [0.05, 0.1) is 19.1 Å². The van der Waals surface area contributed by atoms with Crippen LogP contribution in [0.2, 0.25) is 0 Å². The summed E-state index contributed by atoms with van der Waals surface area (Å²) < 4.78 is 39.5. The van der Waals surface area contributed by atoms with Crippen LogP contribution in [0.5, 0.6) is 28.7 Å². The zero-order valence-corrected chi connectivity index (χ0v) is 23.1. The molecule has 44 heavy (non-hydrogen) atoms. The average molecular weight is 622 g/mol. The van der Waals surface area contributed by atoms with Gasteiger partial charge in [-0.15, -0.1) is 0 Å². The van der Waals surface area contributed by atoms with E-state index in [-0.39, 0.29) is 31.4 Å². The molecule has 0 spiro atoms. The minimum absolute atomic E-state index is 0.00379. The van der Waals surface area contributed by atoms with E-state index in [9.17, 15) is 24.9 Å². The minimum atomic E-state index is -1.62. The van der Waals surface area contributed by atoms with Gasteiger partial charge in [-0.1, -0.05) is 0 Å². The van der Waals surface area contributed by atoms with Crippen molar-refractivity contribution in [3.8, 4) is 28.7 Å². The number of aliphatic hydroxyl groups is 3. The van der Waals surface area contributed by atoms with Crippen LogP contribution in [-0.2, 0) is 28.7 Å². The van der Waals surface area contributed by atoms with Gasteiger partial charge in [-0.3, -0.25) is 9.59 Å². The molecule has 0 aromatic heterocycles. The molecule has 8 atom stereocenters. The van der Waals surface area contributed by atoms with Crippen molar-refractivity contribution >= 4 is 11.9 Å². The van der Waals surface area contributed by atoms with E-state index in [0.29, 0.717) is 35.2 Å². The van der Waals surface area contributed by atoms with Gasteiger partial charge >= 0.3 is 11.9 Å². The third-order valence-corrected chi connectivity index (χ3v) is 7.47. The topological polar surface area (TPSA) is 224 Å². The summed E-state index contributed by atoms with van der Waals surface area (Å²) in [6.45, 7) is -0.388. The number of carbonyl (C=O) groups excluding carboxylic acids is 1. The van der Waals surface area contributed by atoms with Gasteiger partial charge in [-0.2, -0.15) is 4.89 Å². The molecule has 6 rings (SSSR count). The fraction of sp³-hybridized carbons (Fsp3) is 0.500. The molecule has 0 radical (unpaired) electrons. The highest BCUT2D eigenvalue weighted by atomic mass is 17.2. The maximum Gasteiger partial charge on any atom is 0.317 e. The van der Waals surface area contributed by atoms with Crippen LogP contribution in [0, 0.1) is 0 Å². The normalized spacial score (nSPS) is 29.5. The SMILES string of the molecule is NCCOC1OC(COC(=O)CC(=O)O)C(O)C(O)C1OOc1ccc2c(c1)C1Oc3cc4c(cc3C1CO2)OC(CO)O4. The molecule has 16 heteroatoms. The Kier molecular flexibility index (Phi) is 8.64. The lowest BCUT2D eigenvalue weighted by atomic mass is 9.89. The van der Waals surface area contributed by atoms with Gasteiger partial charge in [0.2, 0.25) is 0 Å². The van der Waals surface area contributed by atoms with Crippen LogP contribution in [0.15, 0.2) is 30.3 Å². The van der Waals surface area contributed by atoms with Crippen molar-refractivity contribution in [2.24, 2.45) is 5.73 Å². The second-order valence-electron chi connectivity index (χ2n) is 10.4. The first-order valence-corrected chi connectivity index (χ1v) is 13.8. The van der Waals surface area contributed by atoms with Gasteiger partial charge in [-0.25, -0.2) is 0 Å². The molecule has 16 nitrogen and oxygen atoms in total. The van der Waals surface area contributed by atoms with Crippen LogP contribution >= 0.6 is 0 Å². The number of hydrogen-bond donors (Lipinski definition) is 5. The maximum absolute atomic E-state index is 11.6. The van der Waals surface area contributed by atoms with Crippen molar-refractivity contribution in [1.82, 2.24) is 0 Å². The fourth-order valence-electron chi connectivity index (χ4n) is 5.39. The molecule has 2 aromatic rings. The van der Waals surface area contributed by atoms with E-state index in [1.54, 1.807) is 24.3 Å². The first-order valence-electron chi connectivity index (χ1n) is 13.8. The molecule has 4 aliphatic rings. The van der Waals surface area contributed by atoms with Gasteiger partial charge < -0.3 is 64.2 Å². The van der Waals surface area contributed by atoms with Crippen LogP contribution in [0.3, 0.4) is 0 Å². The Morgan fingerprint density at radius 2 is 1.77 bits per heavy atom. The summed E-state index contributed by atoms with van der Waals surface area (Å²) in [6, 6.07) is 8.47. The van der Waals surface area contributed by atoms with Crippen molar-refractivity contribution in [3.05, 3.63) is 41.5 Å². The number of esters is 1. The summed E-state index contributed by atoms with van der Waals surface area (Å²) >= 11 is 0. The maximum atomic E-state index is 11.6. The number of nitrogens with two attached hydrogens (primary N) is 1. The van der Waals surface area contributed by atoms with Gasteiger partial charge in [-0.05, 0) is 24.3 Å². The first kappa shape index (κ1) is 30.1. The Bertz CT molecular complexity index is 1390. The fourth-order valence-corrected chi connectivity index (χ4v) is 5.39. The average Bonchev–Trinajstić information content (AvgIpc) is 3.59. The number of carboxylic acids is 1. The molecule has 0 saturated carbocycles. The van der Waals surface area contributed by atoms with E-state index in [0.717, 1.165) is 5.56 Å². The standard InChI is InChI=1S/C28H31NO15/c29-3-4-36-28-27(25(35)24(34)20(42-28)11-38-22(33)8-21(31)32)44-43-12-1-2-16-14(5-12)26-15(10-37-16)13-6-18-19(7-17(13)41-26)40-23(9-30)39-18/h1-2,5-7,15,20,23-28,30,34-35H,3-4,8-11,29H2,(H,31,32). The van der Waals surface area contributed by atoms with E-state index in [2.05, 4.69) is 0 Å². The van der Waals surface area contributed by atoms with E-state index < -0.39 is 68.1 Å². The van der Waals surface area contributed by atoms with Crippen molar-refractivity contribution in [2.45, 2.75) is 55.4 Å². The zero-order chi connectivity index (χ0) is 31.0. The number of aliphatic hydroxyl groups excluding tert-OH is 3. The van der Waals surface area contributed by atoms with Crippen LogP contribution < -0.4 is 29.6 Å². The highest BCUT2D eigenvalue weighted by Crippen LogP contribution is 2.55. The molecule has 238 valence electrons. The van der Waals surface area contributed by atoms with E-state index in [1.165, 1.54) is 0 Å². The third-order valence-electron chi connectivity index (χ3n) is 7.47. The molecule has 0 aliphatic carbocycles. The largest absolute Gasteiger partial charge is 0.492 e. The molecule has 0 amide bonds. The van der Waals surface area contributed by atoms with Crippen LogP contribution in [-0.4, -0.2) is 102 Å². The summed E-state index contributed by atoms with van der Waals surface area (Å²) in [7, 11) is 0. The van der Waals surface area contributed by atoms with Crippen LogP contribution in [0.4, 0.5) is 0 Å². The van der Waals surface area contributed by atoms with E-state index in [1.807, 2.05) is 6.07 Å². The molecular formula is C28H31NO15. The smallest absolute Gasteiger partial charge is 0.317 e. The number of fused-ring (bicyclic) bond motifs is 6. The summed E-state index contributed by atoms with van der Waals surface area (Å²) in [5.74, 6) is -0.231. The van der Waals surface area contributed by atoms with Gasteiger partial charge in [0.15, 0.2) is 29.6 Å². The van der Waals surface area contributed by atoms with E-state index in [4.69, 9.17) is 53.8 Å². The number of aliphatic carboxylic acids is 1. The Morgan fingerprint density at radius 3 is 2.52 bits per heavy atom. The first-order chi connectivity index (χ1) is 21.2. The number of hydrogen-bond acceptors (Lipinski definition) is 15. The van der Waals surface area contributed by atoms with Crippen molar-refractivity contribution in [3.63, 3.8) is 0 Å². The Morgan fingerprint density at radius 1 is 0.977 bits per heavy atom. The molecule has 1 saturated heterocycles. The monoisotopic (exact) mass is 621 g/mol. The van der Waals surface area contributed by atoms with E-state index >= 15 is 0 Å². The zero-order valence-electron chi connectivity index (χ0n) is 23.1. The molecule has 6 N–H and O–H groups in total. The molecule has 4 heterocycles. The number of carboxylic acid groups (broad SMARTS) is 1. The summed E-state index contributed by atoms with van der Waals surface area (Å²) in [6.07, 6.45) is -9.21. The minimum Gasteiger partial charge on any atom is -0.492 e. The Balaban J connectivity index is 1.13. The third kappa shape index (κ3) is 5.92. The summed E-state index contributed by atoms with van der Waals surface area (Å²) in [4.78, 5) is 33.4. The highest BCUT2D eigenvalue weighted by Gasteiger charge is 2.48. The molecule has 8 unspecified atom stereocenters. The van der Waals surface area contributed by atoms with Crippen molar-refractivity contribution < 1.29 is 72.9 Å². The van der Waals surface area contributed by atoms with Crippen molar-refractivity contribution in [1.29, 1.82) is 0 Å². The second kappa shape index (κ2) is 12.6. The Hall–Kier alpha value is -3.90. The van der Waals surface area contributed by atoms with Gasteiger partial charge in [0.25, 0.3) is 6.29 Å². The molecule has 1 fully saturated rings. The predicted molar refractivity (Wildman–Crippen MR) is 141 cm³/mol. The number of ether oxygens (including phenoxy) is 7. The second-order valence-corrected chi connectivity index (χ2v) is 10.4. The highest BCUT2D eigenvalue weighted by molar-refractivity contribution is 5.90. The van der Waals surface area contributed by atoms with Gasteiger partial charge in [0, 0.05) is 23.7 Å². The lowest BCUT2D eigenvalue weighted by Crippen LogP contribution is -2.60. The van der Waals surface area contributed by atoms with Gasteiger partial charge in [0.1, 0.15) is 55.5 Å². The quantitative estimate of drug-likeness (QED) is 0.0923. The summed E-state index contributed by atoms with van der Waals surface area (Å²) in [5, 5.41) is 39.5. The summed E-state index contributed by atoms with van der Waals surface area (Å²) in [5.41, 5.74) is 7.08. The number of carbonyl (C=O) groups is 2. The number of benzene rings is 2. The lowest BCUT2D eigenvalue weighted by Gasteiger charge is -2.40. The predicted octanol–water partition coefficient (Wildman–Crippen LogP) is -0.495. The van der Waals surface area contributed by atoms with Crippen LogP contribution in [0.1, 0.15) is 29.6 Å². The lowest BCUT2D eigenvalue weighted by molar-refractivity contribution is -0.372. The molecule has 2 aromatic carbocycles.